The Hall–Kier alpha value is -2.08. The van der Waals surface area contributed by atoms with Crippen LogP contribution in [0, 0.1) is 0 Å². The second-order valence-electron chi connectivity index (χ2n) is 4.18. The van der Waals surface area contributed by atoms with E-state index in [0.29, 0.717) is 11.6 Å². The van der Waals surface area contributed by atoms with Gasteiger partial charge in [0.1, 0.15) is 5.69 Å². The molecule has 0 amide bonds. The van der Waals surface area contributed by atoms with Crippen LogP contribution in [0.1, 0.15) is 0 Å². The molecule has 0 aliphatic carbocycles. The zero-order valence-electron chi connectivity index (χ0n) is 10.2. The van der Waals surface area contributed by atoms with Gasteiger partial charge >= 0.3 is 0 Å². The third kappa shape index (κ3) is 2.15. The lowest BCUT2D eigenvalue weighted by Gasteiger charge is -2.01. The Kier molecular flexibility index (Phi) is 2.87. The highest BCUT2D eigenvalue weighted by molar-refractivity contribution is 9.10. The predicted octanol–water partition coefficient (Wildman–Crippen LogP) is 3.09. The summed E-state index contributed by atoms with van der Waals surface area (Å²) in [6.07, 6.45) is 3.61. The minimum absolute atomic E-state index is 0.303. The number of anilines is 1. The molecular formula is C13H11BrN4O. The van der Waals surface area contributed by atoms with Gasteiger partial charge in [0.2, 0.25) is 5.88 Å². The lowest BCUT2D eigenvalue weighted by Crippen LogP contribution is -1.87. The Labute approximate surface area is 118 Å². The third-order valence-corrected chi connectivity index (χ3v) is 3.30. The molecule has 2 aromatic heterocycles. The van der Waals surface area contributed by atoms with Crippen LogP contribution < -0.4 is 5.73 Å². The van der Waals surface area contributed by atoms with Gasteiger partial charge in [-0.2, -0.15) is 5.10 Å². The van der Waals surface area contributed by atoms with Crippen LogP contribution in [0.2, 0.25) is 0 Å². The Balaban J connectivity index is 2.19. The largest absolute Gasteiger partial charge is 0.367 e. The number of nitrogens with two attached hydrogens (primary N) is 1. The van der Waals surface area contributed by atoms with Crippen LogP contribution in [-0.2, 0) is 7.05 Å². The maximum Gasteiger partial charge on any atom is 0.230 e. The van der Waals surface area contributed by atoms with Crippen molar-refractivity contribution < 1.29 is 4.52 Å². The van der Waals surface area contributed by atoms with Gasteiger partial charge in [-0.25, -0.2) is 0 Å². The van der Waals surface area contributed by atoms with E-state index < -0.39 is 0 Å². The molecule has 0 aliphatic rings. The van der Waals surface area contributed by atoms with Gasteiger partial charge in [-0.1, -0.05) is 33.2 Å². The Bertz CT molecular complexity index is 732. The topological polar surface area (TPSA) is 69.9 Å². The van der Waals surface area contributed by atoms with Crippen LogP contribution in [0.5, 0.6) is 0 Å². The highest BCUT2D eigenvalue weighted by atomic mass is 79.9. The molecule has 0 spiro atoms. The van der Waals surface area contributed by atoms with Crippen LogP contribution >= 0.6 is 15.9 Å². The van der Waals surface area contributed by atoms with Crippen molar-refractivity contribution in [3.05, 3.63) is 41.1 Å². The van der Waals surface area contributed by atoms with Crippen LogP contribution in [0.15, 0.2) is 45.7 Å². The summed E-state index contributed by atoms with van der Waals surface area (Å²) in [5, 5.41) is 8.18. The predicted molar refractivity (Wildman–Crippen MR) is 76.3 cm³/mol. The Morgan fingerprint density at radius 3 is 2.84 bits per heavy atom. The van der Waals surface area contributed by atoms with Gasteiger partial charge in [-0.3, -0.25) is 4.68 Å². The zero-order chi connectivity index (χ0) is 13.4. The summed E-state index contributed by atoms with van der Waals surface area (Å²) >= 11 is 3.45. The van der Waals surface area contributed by atoms with Crippen molar-refractivity contribution in [2.75, 3.05) is 5.73 Å². The number of halogens is 1. The number of aromatic nitrogens is 3. The number of hydrogen-bond donors (Lipinski definition) is 1. The summed E-state index contributed by atoms with van der Waals surface area (Å²) in [5.41, 5.74) is 9.20. The quantitative estimate of drug-likeness (QED) is 0.788. The van der Waals surface area contributed by atoms with Crippen molar-refractivity contribution in [2.45, 2.75) is 0 Å². The Morgan fingerprint density at radius 2 is 2.16 bits per heavy atom. The molecule has 3 rings (SSSR count). The van der Waals surface area contributed by atoms with Gasteiger partial charge in [0.15, 0.2) is 0 Å². The number of hydrogen-bond acceptors (Lipinski definition) is 4. The van der Waals surface area contributed by atoms with Gasteiger partial charge < -0.3 is 10.3 Å². The molecular weight excluding hydrogens is 308 g/mol. The van der Waals surface area contributed by atoms with Crippen LogP contribution in [0.25, 0.3) is 22.4 Å². The van der Waals surface area contributed by atoms with Gasteiger partial charge in [-0.15, -0.1) is 0 Å². The molecule has 0 bridgehead atoms. The first-order chi connectivity index (χ1) is 9.15. The van der Waals surface area contributed by atoms with E-state index in [2.05, 4.69) is 26.2 Å². The maximum atomic E-state index is 5.90. The second kappa shape index (κ2) is 4.55. The van der Waals surface area contributed by atoms with Crippen LogP contribution in [-0.4, -0.2) is 14.9 Å². The number of benzene rings is 1. The first kappa shape index (κ1) is 12.0. The molecule has 0 radical (unpaired) electrons. The van der Waals surface area contributed by atoms with E-state index in [9.17, 15) is 0 Å². The fraction of sp³-hybridized carbons (Fsp3) is 0.0769. The summed E-state index contributed by atoms with van der Waals surface area (Å²) in [7, 11) is 1.85. The van der Waals surface area contributed by atoms with E-state index in [1.54, 1.807) is 10.9 Å². The second-order valence-corrected chi connectivity index (χ2v) is 5.10. The minimum Gasteiger partial charge on any atom is -0.367 e. The average Bonchev–Trinajstić information content (AvgIpc) is 2.95. The highest BCUT2D eigenvalue weighted by Gasteiger charge is 2.18. The standard InChI is InChI=1S/C13H11BrN4O/c1-18-7-9(6-16-18)12-11(13(15)19-17-12)8-3-2-4-10(14)5-8/h2-7H,15H2,1H3. The number of rotatable bonds is 2. The van der Waals surface area contributed by atoms with Gasteiger partial charge in [0.05, 0.1) is 11.8 Å². The maximum absolute atomic E-state index is 5.90. The smallest absolute Gasteiger partial charge is 0.230 e. The molecule has 0 aliphatic heterocycles. The van der Waals surface area contributed by atoms with E-state index in [4.69, 9.17) is 10.3 Å². The molecule has 0 saturated carbocycles. The zero-order valence-corrected chi connectivity index (χ0v) is 11.8. The van der Waals surface area contributed by atoms with Crippen LogP contribution in [0.4, 0.5) is 5.88 Å². The molecule has 6 heteroatoms. The summed E-state index contributed by atoms with van der Waals surface area (Å²) in [6, 6.07) is 7.84. The first-order valence-corrected chi connectivity index (χ1v) is 6.44. The number of nitrogen functional groups attached to an aromatic ring is 1. The van der Waals surface area contributed by atoms with Crippen molar-refractivity contribution in [1.82, 2.24) is 14.9 Å². The molecule has 2 N–H and O–H groups in total. The van der Waals surface area contributed by atoms with E-state index in [1.165, 1.54) is 0 Å². The monoisotopic (exact) mass is 318 g/mol. The van der Waals surface area contributed by atoms with Gasteiger partial charge in [0.25, 0.3) is 0 Å². The summed E-state index contributed by atoms with van der Waals surface area (Å²) in [4.78, 5) is 0. The van der Waals surface area contributed by atoms with E-state index in [-0.39, 0.29) is 0 Å². The minimum atomic E-state index is 0.303. The van der Waals surface area contributed by atoms with Crippen molar-refractivity contribution in [3.63, 3.8) is 0 Å². The van der Waals surface area contributed by atoms with Crippen molar-refractivity contribution >= 4 is 21.8 Å². The number of aryl methyl sites for hydroxylation is 1. The molecule has 0 saturated heterocycles. The van der Waals surface area contributed by atoms with Crippen molar-refractivity contribution in [1.29, 1.82) is 0 Å². The summed E-state index contributed by atoms with van der Waals surface area (Å²) in [6.45, 7) is 0. The molecule has 96 valence electrons. The van der Waals surface area contributed by atoms with Gasteiger partial charge in [0, 0.05) is 23.3 Å². The molecule has 0 fully saturated rings. The summed E-state index contributed by atoms with van der Waals surface area (Å²) < 4.78 is 7.82. The van der Waals surface area contributed by atoms with Gasteiger partial charge in [-0.05, 0) is 17.7 Å². The number of nitrogens with zero attached hydrogens (tertiary/aromatic N) is 3. The fourth-order valence-corrected chi connectivity index (χ4v) is 2.37. The lowest BCUT2D eigenvalue weighted by molar-refractivity contribution is 0.439. The molecule has 5 nitrogen and oxygen atoms in total. The lowest BCUT2D eigenvalue weighted by atomic mass is 10.0. The average molecular weight is 319 g/mol. The third-order valence-electron chi connectivity index (χ3n) is 2.81. The normalized spacial score (nSPS) is 10.8. The molecule has 3 aromatic rings. The molecule has 0 unspecified atom stereocenters. The molecule has 1 aromatic carbocycles. The van der Waals surface area contributed by atoms with Crippen LogP contribution in [0.3, 0.4) is 0 Å². The SMILES string of the molecule is Cn1cc(-c2noc(N)c2-c2cccc(Br)c2)cn1. The molecule has 0 atom stereocenters. The van der Waals surface area contributed by atoms with Crippen molar-refractivity contribution in [2.24, 2.45) is 7.05 Å². The Morgan fingerprint density at radius 1 is 1.32 bits per heavy atom. The first-order valence-electron chi connectivity index (χ1n) is 5.65. The van der Waals surface area contributed by atoms with E-state index in [0.717, 1.165) is 21.2 Å². The molecule has 2 heterocycles. The molecule has 19 heavy (non-hydrogen) atoms. The van der Waals surface area contributed by atoms with E-state index in [1.807, 2.05) is 37.5 Å². The van der Waals surface area contributed by atoms with E-state index >= 15 is 0 Å². The highest BCUT2D eigenvalue weighted by Crippen LogP contribution is 2.36. The summed E-state index contributed by atoms with van der Waals surface area (Å²) in [5.74, 6) is 0.303. The fourth-order valence-electron chi connectivity index (χ4n) is 1.97. The van der Waals surface area contributed by atoms with Crippen molar-refractivity contribution in [3.8, 4) is 22.4 Å².